The molecule has 0 spiro atoms. The van der Waals surface area contributed by atoms with Crippen LogP contribution in [-0.4, -0.2) is 23.8 Å². The molecule has 2 amide bonds. The van der Waals surface area contributed by atoms with Crippen molar-refractivity contribution in [2.24, 2.45) is 0 Å². The number of methoxy groups -OCH3 is 1. The fourth-order valence-corrected chi connectivity index (χ4v) is 3.24. The summed E-state index contributed by atoms with van der Waals surface area (Å²) in [7, 11) is 1.45. The highest BCUT2D eigenvalue weighted by Gasteiger charge is 2.18. The van der Waals surface area contributed by atoms with E-state index < -0.39 is 22.6 Å². The standard InChI is InChI=1S/C23H17BrFN3O5/c1-33-18-8-9-20(24)19(13-18)22(29)27-21(11-14-4-2-7-17(10-14)28(31)32)23(30)26-16-6-3-5-15(25)12-16/h2-13H,1H3,(H,26,30)(H,27,29)/b21-11-. The molecule has 0 bridgehead atoms. The Morgan fingerprint density at radius 3 is 2.55 bits per heavy atom. The molecule has 10 heteroatoms. The van der Waals surface area contributed by atoms with Gasteiger partial charge in [-0.05, 0) is 64.0 Å². The zero-order valence-corrected chi connectivity index (χ0v) is 18.8. The topological polar surface area (TPSA) is 111 Å². The van der Waals surface area contributed by atoms with Crippen LogP contribution in [0.2, 0.25) is 0 Å². The minimum atomic E-state index is -0.750. The van der Waals surface area contributed by atoms with Crippen molar-refractivity contribution in [1.29, 1.82) is 0 Å². The Morgan fingerprint density at radius 1 is 1.09 bits per heavy atom. The van der Waals surface area contributed by atoms with Crippen LogP contribution >= 0.6 is 15.9 Å². The van der Waals surface area contributed by atoms with Crippen molar-refractivity contribution in [2.75, 3.05) is 12.4 Å². The monoisotopic (exact) mass is 513 g/mol. The van der Waals surface area contributed by atoms with E-state index in [-0.39, 0.29) is 22.6 Å². The zero-order valence-electron chi connectivity index (χ0n) is 17.2. The molecule has 0 aromatic heterocycles. The van der Waals surface area contributed by atoms with Crippen LogP contribution in [0.15, 0.2) is 76.9 Å². The average Bonchev–Trinajstić information content (AvgIpc) is 2.79. The minimum absolute atomic E-state index is 0.168. The second-order valence-electron chi connectivity index (χ2n) is 6.67. The Hall–Kier alpha value is -4.05. The van der Waals surface area contributed by atoms with Gasteiger partial charge in [0, 0.05) is 22.3 Å². The van der Waals surface area contributed by atoms with Crippen LogP contribution in [0.5, 0.6) is 5.75 Å². The molecule has 3 aromatic carbocycles. The number of nitro benzene ring substituents is 1. The number of nitro groups is 1. The quantitative estimate of drug-likeness (QED) is 0.264. The third-order valence-electron chi connectivity index (χ3n) is 4.39. The number of carbonyl (C=O) groups is 2. The van der Waals surface area contributed by atoms with Crippen molar-refractivity contribution in [1.82, 2.24) is 5.32 Å². The van der Waals surface area contributed by atoms with Gasteiger partial charge >= 0.3 is 0 Å². The number of anilines is 1. The third-order valence-corrected chi connectivity index (χ3v) is 5.08. The fraction of sp³-hybridized carbons (Fsp3) is 0.0435. The Kier molecular flexibility index (Phi) is 7.52. The largest absolute Gasteiger partial charge is 0.497 e. The van der Waals surface area contributed by atoms with E-state index in [1.807, 2.05) is 0 Å². The van der Waals surface area contributed by atoms with Crippen LogP contribution < -0.4 is 15.4 Å². The van der Waals surface area contributed by atoms with E-state index in [1.165, 1.54) is 61.7 Å². The van der Waals surface area contributed by atoms with E-state index in [1.54, 1.807) is 12.1 Å². The number of nitrogens with one attached hydrogen (secondary N) is 2. The minimum Gasteiger partial charge on any atom is -0.497 e. The SMILES string of the molecule is COc1ccc(Br)c(C(=O)N/C(=C\c2cccc([N+](=O)[O-])c2)C(=O)Nc2cccc(F)c2)c1. The molecule has 0 aliphatic carbocycles. The van der Waals surface area contributed by atoms with Crippen molar-refractivity contribution < 1.29 is 23.6 Å². The lowest BCUT2D eigenvalue weighted by atomic mass is 10.1. The van der Waals surface area contributed by atoms with Gasteiger partial charge in [-0.1, -0.05) is 18.2 Å². The van der Waals surface area contributed by atoms with Crippen molar-refractivity contribution in [3.63, 3.8) is 0 Å². The first-order chi connectivity index (χ1) is 15.8. The van der Waals surface area contributed by atoms with Crippen LogP contribution in [0.1, 0.15) is 15.9 Å². The fourth-order valence-electron chi connectivity index (χ4n) is 2.81. The molecule has 8 nitrogen and oxygen atoms in total. The van der Waals surface area contributed by atoms with Gasteiger partial charge in [-0.3, -0.25) is 19.7 Å². The zero-order chi connectivity index (χ0) is 24.0. The number of ether oxygens (including phenoxy) is 1. The highest BCUT2D eigenvalue weighted by Crippen LogP contribution is 2.23. The maximum atomic E-state index is 13.5. The summed E-state index contributed by atoms with van der Waals surface area (Å²) in [6.45, 7) is 0. The molecule has 2 N–H and O–H groups in total. The number of benzene rings is 3. The smallest absolute Gasteiger partial charge is 0.272 e. The third kappa shape index (κ3) is 6.23. The Balaban J connectivity index is 1.97. The van der Waals surface area contributed by atoms with Gasteiger partial charge in [-0.25, -0.2) is 4.39 Å². The predicted octanol–water partition coefficient (Wildman–Crippen LogP) is 4.91. The van der Waals surface area contributed by atoms with Crippen LogP contribution in [0.4, 0.5) is 15.8 Å². The summed E-state index contributed by atoms with van der Waals surface area (Å²) in [6.07, 6.45) is 1.29. The number of carbonyl (C=O) groups excluding carboxylic acids is 2. The highest BCUT2D eigenvalue weighted by molar-refractivity contribution is 9.10. The summed E-state index contributed by atoms with van der Waals surface area (Å²) < 4.78 is 19.1. The molecule has 33 heavy (non-hydrogen) atoms. The first-order valence-electron chi connectivity index (χ1n) is 9.45. The van der Waals surface area contributed by atoms with E-state index in [9.17, 15) is 24.1 Å². The Morgan fingerprint density at radius 2 is 1.85 bits per heavy atom. The summed E-state index contributed by atoms with van der Waals surface area (Å²) in [5.41, 5.74) is 0.271. The molecule has 3 aromatic rings. The number of halogens is 2. The van der Waals surface area contributed by atoms with Crippen molar-refractivity contribution in [3.05, 3.63) is 104 Å². The van der Waals surface area contributed by atoms with E-state index >= 15 is 0 Å². The molecule has 0 heterocycles. The van der Waals surface area contributed by atoms with Gasteiger partial charge in [0.1, 0.15) is 17.3 Å². The summed E-state index contributed by atoms with van der Waals surface area (Å²) in [6, 6.07) is 15.5. The maximum Gasteiger partial charge on any atom is 0.272 e. The Bertz CT molecular complexity index is 1260. The van der Waals surface area contributed by atoms with Gasteiger partial charge in [0.05, 0.1) is 17.6 Å². The van der Waals surface area contributed by atoms with Crippen molar-refractivity contribution >= 4 is 45.2 Å². The predicted molar refractivity (Wildman–Crippen MR) is 124 cm³/mol. The van der Waals surface area contributed by atoms with Crippen LogP contribution in [0.25, 0.3) is 6.08 Å². The molecule has 168 valence electrons. The number of hydrogen-bond acceptors (Lipinski definition) is 5. The number of hydrogen-bond donors (Lipinski definition) is 2. The molecule has 0 saturated carbocycles. The molecule has 0 saturated heterocycles. The molecular weight excluding hydrogens is 497 g/mol. The molecule has 0 unspecified atom stereocenters. The van der Waals surface area contributed by atoms with Gasteiger partial charge in [0.15, 0.2) is 0 Å². The highest BCUT2D eigenvalue weighted by atomic mass is 79.9. The summed E-state index contributed by atoms with van der Waals surface area (Å²) >= 11 is 3.29. The van der Waals surface area contributed by atoms with Crippen molar-refractivity contribution in [3.8, 4) is 5.75 Å². The number of amides is 2. The van der Waals surface area contributed by atoms with Gasteiger partial charge in [0.25, 0.3) is 17.5 Å². The van der Waals surface area contributed by atoms with E-state index in [4.69, 9.17) is 4.74 Å². The van der Waals surface area contributed by atoms with E-state index in [0.717, 1.165) is 6.07 Å². The lowest BCUT2D eigenvalue weighted by molar-refractivity contribution is -0.384. The van der Waals surface area contributed by atoms with Gasteiger partial charge < -0.3 is 15.4 Å². The maximum absolute atomic E-state index is 13.5. The van der Waals surface area contributed by atoms with Gasteiger partial charge in [0.2, 0.25) is 0 Å². The first kappa shape index (κ1) is 23.6. The van der Waals surface area contributed by atoms with Crippen LogP contribution in [0, 0.1) is 15.9 Å². The molecule has 3 rings (SSSR count). The second-order valence-corrected chi connectivity index (χ2v) is 7.53. The first-order valence-corrected chi connectivity index (χ1v) is 10.2. The lowest BCUT2D eigenvalue weighted by Crippen LogP contribution is -2.31. The van der Waals surface area contributed by atoms with E-state index in [0.29, 0.717) is 15.8 Å². The molecule has 0 radical (unpaired) electrons. The van der Waals surface area contributed by atoms with Crippen LogP contribution in [0.3, 0.4) is 0 Å². The second kappa shape index (κ2) is 10.5. The average molecular weight is 514 g/mol. The van der Waals surface area contributed by atoms with Crippen LogP contribution in [-0.2, 0) is 4.79 Å². The lowest BCUT2D eigenvalue weighted by Gasteiger charge is -2.13. The van der Waals surface area contributed by atoms with E-state index in [2.05, 4.69) is 26.6 Å². The summed E-state index contributed by atoms with van der Waals surface area (Å²) in [4.78, 5) is 36.4. The summed E-state index contributed by atoms with van der Waals surface area (Å²) in [5.74, 6) is -1.51. The Labute approximate surface area is 196 Å². The van der Waals surface area contributed by atoms with Gasteiger partial charge in [-0.2, -0.15) is 0 Å². The molecular formula is C23H17BrFN3O5. The number of non-ortho nitro benzene ring substituents is 1. The molecule has 0 aliphatic rings. The molecule has 0 fully saturated rings. The number of nitrogens with zero attached hydrogens (tertiary/aromatic N) is 1. The molecule has 0 atom stereocenters. The van der Waals surface area contributed by atoms with Gasteiger partial charge in [-0.15, -0.1) is 0 Å². The molecule has 0 aliphatic heterocycles. The summed E-state index contributed by atoms with van der Waals surface area (Å²) in [5, 5.41) is 16.1. The number of rotatable bonds is 7. The van der Waals surface area contributed by atoms with Crippen molar-refractivity contribution in [2.45, 2.75) is 0 Å². The normalized spacial score (nSPS) is 10.9.